The summed E-state index contributed by atoms with van der Waals surface area (Å²) >= 11 is 6.17. The minimum absolute atomic E-state index is 0.0385. The van der Waals surface area contributed by atoms with Crippen molar-refractivity contribution in [1.29, 1.82) is 0 Å². The number of aliphatic hydroxyl groups is 1. The first-order valence-electron chi connectivity index (χ1n) is 13.9. The van der Waals surface area contributed by atoms with Gasteiger partial charge in [0.1, 0.15) is 11.3 Å². The molecule has 2 fully saturated rings. The number of nitrogens with zero attached hydrogens (tertiary/aromatic N) is 1. The molecular formula is C31H34ClNO5. The Bertz CT molecular complexity index is 1420. The smallest absolute Gasteiger partial charge is 0.339 e. The molecule has 38 heavy (non-hydrogen) atoms. The lowest BCUT2D eigenvalue weighted by Crippen LogP contribution is -2.58. The van der Waals surface area contributed by atoms with Crippen molar-refractivity contribution in [3.05, 3.63) is 74.6 Å². The molecule has 1 amide bonds. The number of fused-ring (bicyclic) bond motifs is 4. The van der Waals surface area contributed by atoms with E-state index in [-0.39, 0.29) is 23.5 Å². The maximum atomic E-state index is 13.9. The molecule has 0 spiro atoms. The zero-order valence-corrected chi connectivity index (χ0v) is 22.5. The highest BCUT2D eigenvalue weighted by molar-refractivity contribution is 6.30. The number of carbonyl (C=O) groups is 1. The topological polar surface area (TPSA) is 80.0 Å². The molecule has 2 aromatic carbocycles. The normalized spacial score (nSPS) is 25.9. The van der Waals surface area contributed by atoms with Gasteiger partial charge in [-0.25, -0.2) is 4.79 Å². The van der Waals surface area contributed by atoms with E-state index in [1.807, 2.05) is 41.3 Å². The minimum atomic E-state index is -0.765. The second-order valence-corrected chi connectivity index (χ2v) is 11.6. The average Bonchev–Trinajstić information content (AvgIpc) is 2.92. The molecule has 2 aliphatic carbocycles. The first-order valence-corrected chi connectivity index (χ1v) is 14.3. The number of carbonyl (C=O) groups excluding carboxylic acids is 1. The molecule has 1 aliphatic heterocycles. The van der Waals surface area contributed by atoms with Gasteiger partial charge >= 0.3 is 5.63 Å². The van der Waals surface area contributed by atoms with Crippen LogP contribution in [0.25, 0.3) is 11.0 Å². The predicted molar refractivity (Wildman–Crippen MR) is 147 cm³/mol. The van der Waals surface area contributed by atoms with Gasteiger partial charge in [-0.3, -0.25) is 4.79 Å². The molecule has 1 aromatic heterocycles. The third kappa shape index (κ3) is 4.52. The molecule has 1 saturated carbocycles. The van der Waals surface area contributed by atoms with Crippen LogP contribution in [0, 0.1) is 5.92 Å². The van der Waals surface area contributed by atoms with Gasteiger partial charge < -0.3 is 19.2 Å². The lowest BCUT2D eigenvalue weighted by Gasteiger charge is -2.53. The Morgan fingerprint density at radius 3 is 2.63 bits per heavy atom. The van der Waals surface area contributed by atoms with E-state index in [0.717, 1.165) is 73.4 Å². The highest BCUT2D eigenvalue weighted by Crippen LogP contribution is 2.49. The summed E-state index contributed by atoms with van der Waals surface area (Å²) in [5, 5.41) is 13.1. The number of piperidine rings is 1. The van der Waals surface area contributed by atoms with E-state index in [2.05, 4.69) is 0 Å². The monoisotopic (exact) mass is 535 g/mol. The largest absolute Gasteiger partial charge is 0.481 e. The zero-order chi connectivity index (χ0) is 26.4. The van der Waals surface area contributed by atoms with Crippen LogP contribution in [0.3, 0.4) is 0 Å². The van der Waals surface area contributed by atoms with Crippen LogP contribution in [0.4, 0.5) is 0 Å². The molecule has 7 heteroatoms. The summed E-state index contributed by atoms with van der Waals surface area (Å²) in [5.74, 6) is 0.333. The van der Waals surface area contributed by atoms with Crippen molar-refractivity contribution >= 4 is 28.5 Å². The van der Waals surface area contributed by atoms with E-state index in [1.54, 1.807) is 13.0 Å². The van der Waals surface area contributed by atoms with Gasteiger partial charge in [0.05, 0.1) is 11.6 Å². The van der Waals surface area contributed by atoms with Crippen molar-refractivity contribution in [2.75, 3.05) is 6.54 Å². The molecule has 0 bridgehead atoms. The van der Waals surface area contributed by atoms with Crippen molar-refractivity contribution in [2.24, 2.45) is 5.92 Å². The fourth-order valence-corrected chi connectivity index (χ4v) is 7.11. The van der Waals surface area contributed by atoms with Gasteiger partial charge in [0.25, 0.3) is 5.91 Å². The van der Waals surface area contributed by atoms with E-state index >= 15 is 0 Å². The number of hydrogen-bond acceptors (Lipinski definition) is 5. The number of rotatable bonds is 4. The molecule has 200 valence electrons. The summed E-state index contributed by atoms with van der Waals surface area (Å²) in [7, 11) is 0. The molecule has 0 radical (unpaired) electrons. The van der Waals surface area contributed by atoms with E-state index in [4.69, 9.17) is 20.8 Å². The van der Waals surface area contributed by atoms with Crippen molar-refractivity contribution in [2.45, 2.75) is 82.5 Å². The average molecular weight is 536 g/mol. The third-order valence-corrected chi connectivity index (χ3v) is 9.17. The number of ether oxygens (including phenoxy) is 1. The SMILES string of the molecule is C[C@H](Oc1ccc2c3c(c(=O)oc2c1)CCCC3)C(=O)N1CC[C@]2(O)CCCC[C@H]2[C@@H]1c1ccc(Cl)cc1. The fraction of sp³-hybridized carbons (Fsp3) is 0.484. The number of amides is 1. The van der Waals surface area contributed by atoms with Gasteiger partial charge in [-0.2, -0.15) is 0 Å². The van der Waals surface area contributed by atoms with Crippen LogP contribution >= 0.6 is 11.6 Å². The second-order valence-electron chi connectivity index (χ2n) is 11.2. The Kier molecular flexibility index (Phi) is 6.73. The zero-order valence-electron chi connectivity index (χ0n) is 21.7. The van der Waals surface area contributed by atoms with Crippen molar-refractivity contribution in [1.82, 2.24) is 4.90 Å². The van der Waals surface area contributed by atoms with Crippen molar-refractivity contribution in [3.8, 4) is 5.75 Å². The number of benzene rings is 2. The van der Waals surface area contributed by atoms with E-state index < -0.39 is 11.7 Å². The van der Waals surface area contributed by atoms with Gasteiger partial charge in [0, 0.05) is 34.5 Å². The van der Waals surface area contributed by atoms with Crippen LogP contribution in [-0.4, -0.2) is 34.2 Å². The molecule has 1 N–H and O–H groups in total. The Morgan fingerprint density at radius 2 is 1.84 bits per heavy atom. The minimum Gasteiger partial charge on any atom is -0.481 e. The standard InChI is InChI=1S/C31H34ClNO5/c1-19(37-22-13-14-24-23-6-2-3-7-25(23)30(35)38-27(24)18-22)29(34)33-17-16-31(36)15-5-4-8-26(31)28(33)20-9-11-21(32)12-10-20/h9-14,18-19,26,28,36H,2-8,15-17H2,1H3/t19-,26-,28-,31+/m0/s1. The third-order valence-electron chi connectivity index (χ3n) is 8.92. The predicted octanol–water partition coefficient (Wildman–Crippen LogP) is 5.99. The Hall–Kier alpha value is -2.83. The van der Waals surface area contributed by atoms with Gasteiger partial charge in [-0.05, 0) is 87.3 Å². The van der Waals surface area contributed by atoms with E-state index in [9.17, 15) is 14.7 Å². The van der Waals surface area contributed by atoms with Crippen molar-refractivity contribution < 1.29 is 19.1 Å². The molecule has 2 heterocycles. The number of hydrogen-bond donors (Lipinski definition) is 1. The highest BCUT2D eigenvalue weighted by Gasteiger charge is 2.50. The lowest BCUT2D eigenvalue weighted by molar-refractivity contribution is -0.161. The molecule has 6 nitrogen and oxygen atoms in total. The van der Waals surface area contributed by atoms with E-state index in [1.165, 1.54) is 0 Å². The highest BCUT2D eigenvalue weighted by atomic mass is 35.5. The Morgan fingerprint density at radius 1 is 1.08 bits per heavy atom. The molecule has 4 atom stereocenters. The summed E-state index contributed by atoms with van der Waals surface area (Å²) < 4.78 is 11.8. The molecule has 3 aromatic rings. The number of halogens is 1. The van der Waals surface area contributed by atoms with Crippen LogP contribution in [-0.2, 0) is 17.6 Å². The van der Waals surface area contributed by atoms with Crippen LogP contribution in [0.1, 0.15) is 74.6 Å². The van der Waals surface area contributed by atoms with Crippen LogP contribution in [0.2, 0.25) is 5.02 Å². The summed E-state index contributed by atoms with van der Waals surface area (Å²) in [6.45, 7) is 2.22. The Balaban J connectivity index is 1.27. The van der Waals surface area contributed by atoms with Crippen LogP contribution in [0.5, 0.6) is 5.75 Å². The van der Waals surface area contributed by atoms with Crippen LogP contribution in [0.15, 0.2) is 51.7 Å². The second kappa shape index (κ2) is 10.0. The van der Waals surface area contributed by atoms with Gasteiger partial charge in [0.15, 0.2) is 6.10 Å². The molecule has 3 aliphatic rings. The summed E-state index contributed by atoms with van der Waals surface area (Å²) in [6.07, 6.45) is 7.21. The molecular weight excluding hydrogens is 502 g/mol. The number of likely N-dealkylation sites (tertiary alicyclic amines) is 1. The van der Waals surface area contributed by atoms with Crippen molar-refractivity contribution in [3.63, 3.8) is 0 Å². The molecule has 6 rings (SSSR count). The maximum absolute atomic E-state index is 13.9. The number of aryl methyl sites for hydroxylation is 1. The first-order chi connectivity index (χ1) is 18.3. The first kappa shape index (κ1) is 25.4. The van der Waals surface area contributed by atoms with E-state index in [0.29, 0.717) is 29.3 Å². The summed E-state index contributed by atoms with van der Waals surface area (Å²) in [6, 6.07) is 12.9. The van der Waals surface area contributed by atoms with Gasteiger partial charge in [-0.1, -0.05) is 36.6 Å². The van der Waals surface area contributed by atoms with Gasteiger partial charge in [0.2, 0.25) is 0 Å². The van der Waals surface area contributed by atoms with Crippen LogP contribution < -0.4 is 10.4 Å². The Labute approximate surface area is 227 Å². The molecule has 1 saturated heterocycles. The summed E-state index contributed by atoms with van der Waals surface area (Å²) in [4.78, 5) is 28.3. The van der Waals surface area contributed by atoms with Gasteiger partial charge in [-0.15, -0.1) is 0 Å². The lowest BCUT2D eigenvalue weighted by atomic mass is 9.66. The molecule has 0 unspecified atom stereocenters. The summed E-state index contributed by atoms with van der Waals surface area (Å²) in [5.41, 5.74) is 2.32. The quantitative estimate of drug-likeness (QED) is 0.415. The maximum Gasteiger partial charge on any atom is 0.339 e. The fourth-order valence-electron chi connectivity index (χ4n) is 6.99.